The van der Waals surface area contributed by atoms with Crippen LogP contribution in [0.25, 0.3) is 10.9 Å². The van der Waals surface area contributed by atoms with Gasteiger partial charge >= 0.3 is 5.97 Å². The number of anilines is 1. The Balaban J connectivity index is 1.78. The van der Waals surface area contributed by atoms with Crippen LogP contribution in [0.2, 0.25) is 0 Å². The van der Waals surface area contributed by atoms with Gasteiger partial charge in [0.2, 0.25) is 0 Å². The zero-order valence-electron chi connectivity index (χ0n) is 15.0. The number of benzene rings is 1. The second kappa shape index (κ2) is 5.79. The molecule has 0 unspecified atom stereocenters. The van der Waals surface area contributed by atoms with Crippen molar-refractivity contribution < 1.29 is 19.0 Å². The monoisotopic (exact) mass is 381 g/mol. The van der Waals surface area contributed by atoms with E-state index in [1.54, 1.807) is 19.3 Å². The summed E-state index contributed by atoms with van der Waals surface area (Å²) in [6.45, 7) is 2.91. The Labute approximate surface area is 158 Å². The summed E-state index contributed by atoms with van der Waals surface area (Å²) in [5.74, 6) is -1.56. The quantitative estimate of drug-likeness (QED) is 0.735. The summed E-state index contributed by atoms with van der Waals surface area (Å²) in [6, 6.07) is 4.04. The van der Waals surface area contributed by atoms with Gasteiger partial charge in [0, 0.05) is 30.9 Å². The second-order valence-electron chi connectivity index (χ2n) is 7.17. The molecule has 2 aromatic heterocycles. The number of pyridine rings is 2. The molecule has 28 heavy (non-hydrogen) atoms. The molecule has 0 radical (unpaired) electrons. The lowest BCUT2D eigenvalue weighted by Gasteiger charge is -2.30. The normalized spacial score (nSPS) is 17.5. The molecule has 3 aromatic rings. The zero-order chi connectivity index (χ0) is 19.6. The number of nitrogens with zero attached hydrogens (tertiary/aromatic N) is 3. The van der Waals surface area contributed by atoms with Gasteiger partial charge in [0.25, 0.3) is 5.56 Å². The van der Waals surface area contributed by atoms with Crippen molar-refractivity contribution >= 4 is 22.6 Å². The summed E-state index contributed by atoms with van der Waals surface area (Å²) in [7, 11) is 0. The molecule has 5 rings (SSSR count). The van der Waals surface area contributed by atoms with Crippen molar-refractivity contribution in [2.45, 2.75) is 26.1 Å². The van der Waals surface area contributed by atoms with Crippen LogP contribution in [0.3, 0.4) is 0 Å². The maximum atomic E-state index is 15.2. The van der Waals surface area contributed by atoms with Crippen molar-refractivity contribution in [2.24, 2.45) is 0 Å². The lowest BCUT2D eigenvalue weighted by atomic mass is 10.1. The Morgan fingerprint density at radius 1 is 1.32 bits per heavy atom. The molecule has 1 atom stereocenters. The van der Waals surface area contributed by atoms with Crippen LogP contribution in [0.5, 0.6) is 5.75 Å². The first-order valence-corrected chi connectivity index (χ1v) is 8.90. The van der Waals surface area contributed by atoms with Gasteiger partial charge in [0.05, 0.1) is 11.6 Å². The van der Waals surface area contributed by atoms with E-state index in [1.807, 2.05) is 11.0 Å². The molecule has 0 fully saturated rings. The van der Waals surface area contributed by atoms with Gasteiger partial charge in [-0.2, -0.15) is 0 Å². The molecule has 0 saturated carbocycles. The topological polar surface area (TPSA) is 84.7 Å². The minimum absolute atomic E-state index is 0.157. The van der Waals surface area contributed by atoms with Gasteiger partial charge in [0.15, 0.2) is 11.6 Å². The largest absolute Gasteiger partial charge is 0.487 e. The van der Waals surface area contributed by atoms with Crippen LogP contribution in [-0.2, 0) is 13.1 Å². The number of carboxylic acid groups (broad SMARTS) is 1. The SMILES string of the molecule is C[C@H]1COc2c(N3Cc4ccncc4C3)c(F)cc3cc(C(=O)O)c(=O)n1c23. The molecule has 2 aliphatic rings. The number of rotatable bonds is 2. The second-order valence-corrected chi connectivity index (χ2v) is 7.17. The number of aromatic nitrogens is 2. The predicted molar refractivity (Wildman–Crippen MR) is 99.5 cm³/mol. The van der Waals surface area contributed by atoms with E-state index in [1.165, 1.54) is 16.7 Å². The fraction of sp³-hybridized carbons (Fsp3) is 0.250. The van der Waals surface area contributed by atoms with Gasteiger partial charge in [-0.15, -0.1) is 0 Å². The van der Waals surface area contributed by atoms with Crippen molar-refractivity contribution in [3.8, 4) is 5.75 Å². The van der Waals surface area contributed by atoms with Crippen molar-refractivity contribution in [3.05, 3.63) is 63.5 Å². The van der Waals surface area contributed by atoms with E-state index in [0.717, 1.165) is 11.1 Å². The van der Waals surface area contributed by atoms with Crippen molar-refractivity contribution in [1.82, 2.24) is 9.55 Å². The van der Waals surface area contributed by atoms with Gasteiger partial charge < -0.3 is 14.7 Å². The van der Waals surface area contributed by atoms with E-state index in [-0.39, 0.29) is 29.6 Å². The van der Waals surface area contributed by atoms with E-state index in [2.05, 4.69) is 4.98 Å². The first-order valence-electron chi connectivity index (χ1n) is 8.90. The average molecular weight is 381 g/mol. The summed E-state index contributed by atoms with van der Waals surface area (Å²) in [5, 5.41) is 9.69. The van der Waals surface area contributed by atoms with Crippen LogP contribution in [0.4, 0.5) is 10.1 Å². The fourth-order valence-corrected chi connectivity index (χ4v) is 4.09. The summed E-state index contributed by atoms with van der Waals surface area (Å²) < 4.78 is 22.4. The van der Waals surface area contributed by atoms with Crippen LogP contribution in [0.1, 0.15) is 34.5 Å². The van der Waals surface area contributed by atoms with Crippen LogP contribution in [-0.4, -0.2) is 27.2 Å². The van der Waals surface area contributed by atoms with E-state index in [4.69, 9.17) is 4.74 Å². The highest BCUT2D eigenvalue weighted by Crippen LogP contribution is 2.44. The lowest BCUT2D eigenvalue weighted by molar-refractivity contribution is 0.0694. The first-order chi connectivity index (χ1) is 13.5. The van der Waals surface area contributed by atoms with Crippen LogP contribution in [0.15, 0.2) is 35.4 Å². The minimum Gasteiger partial charge on any atom is -0.487 e. The van der Waals surface area contributed by atoms with Crippen LogP contribution in [0, 0.1) is 5.82 Å². The Morgan fingerprint density at radius 2 is 2.11 bits per heavy atom. The molecule has 4 heterocycles. The number of ether oxygens (including phenoxy) is 1. The molecule has 2 aliphatic heterocycles. The zero-order valence-corrected chi connectivity index (χ0v) is 15.0. The Bertz CT molecular complexity index is 1200. The highest BCUT2D eigenvalue weighted by Gasteiger charge is 2.32. The Kier molecular flexibility index (Phi) is 3.46. The van der Waals surface area contributed by atoms with Crippen LogP contribution >= 0.6 is 0 Å². The highest BCUT2D eigenvalue weighted by atomic mass is 19.1. The lowest BCUT2D eigenvalue weighted by Crippen LogP contribution is -2.34. The van der Waals surface area contributed by atoms with Crippen LogP contribution < -0.4 is 15.2 Å². The molecule has 1 aromatic carbocycles. The summed E-state index contributed by atoms with van der Waals surface area (Å²) in [6.07, 6.45) is 3.46. The van der Waals surface area contributed by atoms with Gasteiger partial charge in [-0.05, 0) is 36.2 Å². The van der Waals surface area contributed by atoms with E-state index < -0.39 is 17.3 Å². The maximum Gasteiger partial charge on any atom is 0.341 e. The fourth-order valence-electron chi connectivity index (χ4n) is 4.09. The van der Waals surface area contributed by atoms with E-state index in [9.17, 15) is 14.7 Å². The average Bonchev–Trinajstić information content (AvgIpc) is 3.08. The third kappa shape index (κ3) is 2.24. The molecule has 0 amide bonds. The van der Waals surface area contributed by atoms with Crippen molar-refractivity contribution in [2.75, 3.05) is 11.5 Å². The molecule has 0 bridgehead atoms. The van der Waals surface area contributed by atoms with Gasteiger partial charge in [-0.25, -0.2) is 9.18 Å². The minimum atomic E-state index is -1.33. The summed E-state index contributed by atoms with van der Waals surface area (Å²) >= 11 is 0. The Hall–Kier alpha value is -3.42. The molecule has 1 N–H and O–H groups in total. The number of hydrogen-bond donors (Lipinski definition) is 1. The van der Waals surface area contributed by atoms with E-state index >= 15 is 4.39 Å². The van der Waals surface area contributed by atoms with Crippen molar-refractivity contribution in [1.29, 1.82) is 0 Å². The number of hydrogen-bond acceptors (Lipinski definition) is 5. The molecular formula is C20H16FN3O4. The maximum absolute atomic E-state index is 15.2. The summed E-state index contributed by atoms with van der Waals surface area (Å²) in [4.78, 5) is 30.2. The smallest absolute Gasteiger partial charge is 0.341 e. The van der Waals surface area contributed by atoms with Gasteiger partial charge in [-0.3, -0.25) is 14.3 Å². The predicted octanol–water partition coefficient (Wildman–Crippen LogP) is 2.71. The third-order valence-electron chi connectivity index (χ3n) is 5.39. The highest BCUT2D eigenvalue weighted by molar-refractivity contribution is 5.97. The molecule has 0 saturated heterocycles. The van der Waals surface area contributed by atoms with Gasteiger partial charge in [-0.1, -0.05) is 0 Å². The standard InChI is InChI=1S/C20H16FN3O4/c1-10-9-28-18-16-12(4-14(20(26)27)19(25)24(10)16)5-15(21)17(18)23-7-11-2-3-22-6-13(11)8-23/h2-6,10H,7-9H2,1H3,(H,26,27)/t10-/m0/s1. The molecule has 0 spiro atoms. The Morgan fingerprint density at radius 3 is 2.86 bits per heavy atom. The molecule has 0 aliphatic carbocycles. The number of carbonyl (C=O) groups is 1. The van der Waals surface area contributed by atoms with E-state index in [0.29, 0.717) is 24.0 Å². The molecular weight excluding hydrogens is 365 g/mol. The molecule has 142 valence electrons. The number of halogens is 1. The third-order valence-corrected chi connectivity index (χ3v) is 5.39. The van der Waals surface area contributed by atoms with Crippen molar-refractivity contribution in [3.63, 3.8) is 0 Å². The molecule has 7 nitrogen and oxygen atoms in total. The number of aromatic carboxylic acids is 1. The first kappa shape index (κ1) is 16.7. The van der Waals surface area contributed by atoms with Gasteiger partial charge in [0.1, 0.15) is 17.9 Å². The number of fused-ring (bicyclic) bond motifs is 1. The molecule has 8 heteroatoms. The summed E-state index contributed by atoms with van der Waals surface area (Å²) in [5.41, 5.74) is 1.80. The number of carboxylic acids is 1.